The topological polar surface area (TPSA) is 104 Å². The number of carboxylic acid groups (broad SMARTS) is 1. The smallest absolute Gasteiger partial charge is 0.326 e. The van der Waals surface area contributed by atoms with Crippen LogP contribution in [0.25, 0.3) is 0 Å². The van der Waals surface area contributed by atoms with Gasteiger partial charge < -0.3 is 10.4 Å². The SMILES string of the molecule is Cc1ccc(NC(=O)CC[C@H](C(=O)O)N2C(=O)c3ccccc3C2=O)cc1. The molecule has 2 N–H and O–H groups in total. The Morgan fingerprint density at radius 3 is 2.07 bits per heavy atom. The zero-order valence-electron chi connectivity index (χ0n) is 14.6. The van der Waals surface area contributed by atoms with E-state index in [4.69, 9.17) is 0 Å². The van der Waals surface area contributed by atoms with Gasteiger partial charge in [-0.15, -0.1) is 0 Å². The van der Waals surface area contributed by atoms with E-state index in [1.54, 1.807) is 24.3 Å². The van der Waals surface area contributed by atoms with Crippen LogP contribution in [0.1, 0.15) is 39.1 Å². The van der Waals surface area contributed by atoms with Crippen LogP contribution >= 0.6 is 0 Å². The maximum absolute atomic E-state index is 12.5. The van der Waals surface area contributed by atoms with Crippen LogP contribution in [-0.4, -0.2) is 39.7 Å². The molecule has 0 unspecified atom stereocenters. The first kappa shape index (κ1) is 18.3. The van der Waals surface area contributed by atoms with Gasteiger partial charge in [0.2, 0.25) is 5.91 Å². The number of aliphatic carboxylic acids is 1. The average molecular weight is 366 g/mol. The van der Waals surface area contributed by atoms with Crippen LogP contribution in [-0.2, 0) is 9.59 Å². The van der Waals surface area contributed by atoms with Gasteiger partial charge in [0, 0.05) is 12.1 Å². The summed E-state index contributed by atoms with van der Waals surface area (Å²) in [6, 6.07) is 12.0. The Hall–Kier alpha value is -3.48. The number of hydrogen-bond acceptors (Lipinski definition) is 4. The lowest BCUT2D eigenvalue weighted by atomic mass is 10.1. The molecule has 0 spiro atoms. The fourth-order valence-electron chi connectivity index (χ4n) is 2.98. The molecular weight excluding hydrogens is 348 g/mol. The van der Waals surface area contributed by atoms with Crippen molar-refractivity contribution in [2.24, 2.45) is 0 Å². The third-order valence-corrected chi connectivity index (χ3v) is 4.40. The van der Waals surface area contributed by atoms with E-state index in [0.717, 1.165) is 10.5 Å². The van der Waals surface area contributed by atoms with Crippen molar-refractivity contribution >= 4 is 29.4 Å². The Morgan fingerprint density at radius 2 is 1.56 bits per heavy atom. The van der Waals surface area contributed by atoms with Crippen molar-refractivity contribution in [2.75, 3.05) is 5.32 Å². The highest BCUT2D eigenvalue weighted by atomic mass is 16.4. The Kier molecular flexibility index (Phi) is 5.03. The van der Waals surface area contributed by atoms with Crippen LogP contribution in [0.5, 0.6) is 0 Å². The number of hydrogen-bond donors (Lipinski definition) is 2. The molecule has 3 amide bonds. The van der Waals surface area contributed by atoms with Gasteiger partial charge in [-0.25, -0.2) is 4.79 Å². The minimum atomic E-state index is -1.40. The summed E-state index contributed by atoms with van der Waals surface area (Å²) in [6.07, 6.45) is -0.309. The van der Waals surface area contributed by atoms with E-state index < -0.39 is 23.8 Å². The van der Waals surface area contributed by atoms with E-state index >= 15 is 0 Å². The zero-order valence-corrected chi connectivity index (χ0v) is 14.6. The molecule has 0 aliphatic carbocycles. The maximum atomic E-state index is 12.5. The molecule has 7 nitrogen and oxygen atoms in total. The number of imide groups is 1. The number of benzene rings is 2. The second-order valence-corrected chi connectivity index (χ2v) is 6.33. The molecule has 0 radical (unpaired) electrons. The molecule has 1 aliphatic heterocycles. The summed E-state index contributed by atoms with van der Waals surface area (Å²) < 4.78 is 0. The van der Waals surface area contributed by atoms with Gasteiger partial charge in [0.25, 0.3) is 11.8 Å². The summed E-state index contributed by atoms with van der Waals surface area (Å²) in [5, 5.41) is 12.2. The van der Waals surface area contributed by atoms with E-state index in [1.807, 2.05) is 19.1 Å². The molecule has 2 aromatic rings. The largest absolute Gasteiger partial charge is 0.480 e. The Labute approximate surface area is 155 Å². The van der Waals surface area contributed by atoms with Crippen LogP contribution < -0.4 is 5.32 Å². The number of rotatable bonds is 6. The molecule has 0 saturated heterocycles. The van der Waals surface area contributed by atoms with Gasteiger partial charge >= 0.3 is 5.97 Å². The summed E-state index contributed by atoms with van der Waals surface area (Å²) in [6.45, 7) is 1.92. The molecule has 0 bridgehead atoms. The van der Waals surface area contributed by atoms with Crippen molar-refractivity contribution in [2.45, 2.75) is 25.8 Å². The molecule has 7 heteroatoms. The molecule has 1 atom stereocenters. The fourth-order valence-corrected chi connectivity index (χ4v) is 2.98. The first-order valence-electron chi connectivity index (χ1n) is 8.44. The van der Waals surface area contributed by atoms with E-state index in [2.05, 4.69) is 5.32 Å². The van der Waals surface area contributed by atoms with Gasteiger partial charge in [-0.3, -0.25) is 19.3 Å². The lowest BCUT2D eigenvalue weighted by Gasteiger charge is -2.22. The summed E-state index contributed by atoms with van der Waals surface area (Å²) >= 11 is 0. The van der Waals surface area contributed by atoms with Crippen molar-refractivity contribution in [1.29, 1.82) is 0 Å². The van der Waals surface area contributed by atoms with Gasteiger partial charge in [0.05, 0.1) is 11.1 Å². The molecule has 0 aromatic heterocycles. The first-order chi connectivity index (χ1) is 12.9. The van der Waals surface area contributed by atoms with Gasteiger partial charge in [0.15, 0.2) is 0 Å². The van der Waals surface area contributed by atoms with Crippen LogP contribution in [0.4, 0.5) is 5.69 Å². The Bertz CT molecular complexity index is 885. The van der Waals surface area contributed by atoms with E-state index in [-0.39, 0.29) is 29.9 Å². The minimum Gasteiger partial charge on any atom is -0.480 e. The minimum absolute atomic E-state index is 0.141. The van der Waals surface area contributed by atoms with Crippen molar-refractivity contribution in [3.05, 3.63) is 65.2 Å². The highest BCUT2D eigenvalue weighted by molar-refractivity contribution is 6.22. The molecule has 3 rings (SSSR count). The number of carboxylic acids is 1. The standard InChI is InChI=1S/C20H18N2O5/c1-12-6-8-13(9-7-12)21-17(23)11-10-16(20(26)27)22-18(24)14-4-2-3-5-15(14)19(22)25/h2-9,16H,10-11H2,1H3,(H,21,23)(H,26,27)/t16-/m1/s1. The van der Waals surface area contributed by atoms with Crippen molar-refractivity contribution in [3.63, 3.8) is 0 Å². The molecule has 0 saturated carbocycles. The number of fused-ring (bicyclic) bond motifs is 1. The summed E-state index contributed by atoms with van der Waals surface area (Å²) in [7, 11) is 0. The quantitative estimate of drug-likeness (QED) is 0.765. The number of anilines is 1. The van der Waals surface area contributed by atoms with Gasteiger partial charge in [-0.1, -0.05) is 29.8 Å². The van der Waals surface area contributed by atoms with E-state index in [1.165, 1.54) is 12.1 Å². The normalized spacial score (nSPS) is 14.0. The first-order valence-corrected chi connectivity index (χ1v) is 8.44. The molecule has 2 aromatic carbocycles. The summed E-state index contributed by atoms with van der Waals surface area (Å²) in [5.41, 5.74) is 2.00. The maximum Gasteiger partial charge on any atom is 0.326 e. The third kappa shape index (κ3) is 3.72. The molecular formula is C20H18N2O5. The number of aryl methyl sites for hydroxylation is 1. The van der Waals surface area contributed by atoms with Gasteiger partial charge in [0.1, 0.15) is 6.04 Å². The predicted molar refractivity (Wildman–Crippen MR) is 97.4 cm³/mol. The number of nitrogens with one attached hydrogen (secondary N) is 1. The predicted octanol–water partition coefficient (Wildman–Crippen LogP) is 2.46. The van der Waals surface area contributed by atoms with Crippen molar-refractivity contribution < 1.29 is 24.3 Å². The van der Waals surface area contributed by atoms with E-state index in [0.29, 0.717) is 5.69 Å². The molecule has 1 aliphatic rings. The third-order valence-electron chi connectivity index (χ3n) is 4.40. The number of nitrogens with zero attached hydrogens (tertiary/aromatic N) is 1. The molecule has 138 valence electrons. The summed E-state index contributed by atoms with van der Waals surface area (Å²) in [4.78, 5) is 49.4. The Morgan fingerprint density at radius 1 is 1.00 bits per heavy atom. The van der Waals surface area contributed by atoms with Gasteiger partial charge in [-0.2, -0.15) is 0 Å². The monoisotopic (exact) mass is 366 g/mol. The highest BCUT2D eigenvalue weighted by Crippen LogP contribution is 2.26. The van der Waals surface area contributed by atoms with Crippen LogP contribution in [0.15, 0.2) is 48.5 Å². The lowest BCUT2D eigenvalue weighted by Crippen LogP contribution is -2.45. The lowest BCUT2D eigenvalue weighted by molar-refractivity contribution is -0.141. The molecule has 27 heavy (non-hydrogen) atoms. The van der Waals surface area contributed by atoms with Crippen molar-refractivity contribution in [3.8, 4) is 0 Å². The second-order valence-electron chi connectivity index (χ2n) is 6.33. The van der Waals surface area contributed by atoms with E-state index in [9.17, 15) is 24.3 Å². The fraction of sp³-hybridized carbons (Fsp3) is 0.200. The van der Waals surface area contributed by atoms with Crippen LogP contribution in [0, 0.1) is 6.92 Å². The number of amides is 3. The average Bonchev–Trinajstić information content (AvgIpc) is 2.89. The van der Waals surface area contributed by atoms with Crippen LogP contribution in [0.3, 0.4) is 0 Å². The highest BCUT2D eigenvalue weighted by Gasteiger charge is 2.42. The number of carbonyl (C=O) groups is 4. The van der Waals surface area contributed by atoms with Crippen LogP contribution in [0.2, 0.25) is 0 Å². The number of carbonyl (C=O) groups excluding carboxylic acids is 3. The second kappa shape index (κ2) is 7.41. The molecule has 1 heterocycles. The van der Waals surface area contributed by atoms with Crippen molar-refractivity contribution in [1.82, 2.24) is 4.90 Å². The Balaban J connectivity index is 1.69. The summed E-state index contributed by atoms with van der Waals surface area (Å²) in [5.74, 6) is -3.02. The van der Waals surface area contributed by atoms with Gasteiger partial charge in [-0.05, 0) is 37.6 Å². The molecule has 0 fully saturated rings. The zero-order chi connectivity index (χ0) is 19.6.